The van der Waals surface area contributed by atoms with Crippen LogP contribution in [0.5, 0.6) is 0 Å². The Morgan fingerprint density at radius 1 is 1.27 bits per heavy atom. The molecular weight excluding hydrogens is 344 g/mol. The maximum Gasteiger partial charge on any atom is 0.188 e. The minimum atomic E-state index is 0.301. The highest BCUT2D eigenvalue weighted by molar-refractivity contribution is 7.15. The van der Waals surface area contributed by atoms with Crippen LogP contribution in [0, 0.1) is 6.92 Å². The number of thiazole rings is 1. The highest BCUT2D eigenvalue weighted by atomic mass is 32.1. The number of nitrogens with one attached hydrogen (secondary N) is 2. The zero-order chi connectivity index (χ0) is 18.4. The summed E-state index contributed by atoms with van der Waals surface area (Å²) in [6.45, 7) is 8.14. The SMILES string of the molecule is CCCn1nc(Nc2ncc(CNC(CC)c3cccnc3)s2)cc1C. The van der Waals surface area contributed by atoms with E-state index >= 15 is 0 Å². The second-order valence-corrected chi connectivity index (χ2v) is 7.39. The summed E-state index contributed by atoms with van der Waals surface area (Å²) >= 11 is 1.65. The molecule has 0 saturated carbocycles. The summed E-state index contributed by atoms with van der Waals surface area (Å²) in [5.74, 6) is 0.853. The minimum Gasteiger partial charge on any atom is -0.315 e. The summed E-state index contributed by atoms with van der Waals surface area (Å²) in [4.78, 5) is 9.89. The van der Waals surface area contributed by atoms with Crippen LogP contribution in [0.25, 0.3) is 0 Å². The number of anilines is 2. The van der Waals surface area contributed by atoms with Crippen molar-refractivity contribution in [3.05, 3.63) is 52.9 Å². The maximum atomic E-state index is 4.58. The number of nitrogens with zero attached hydrogens (tertiary/aromatic N) is 4. The summed E-state index contributed by atoms with van der Waals surface area (Å²) < 4.78 is 2.03. The summed E-state index contributed by atoms with van der Waals surface area (Å²) in [5.41, 5.74) is 2.38. The predicted molar refractivity (Wildman–Crippen MR) is 107 cm³/mol. The second kappa shape index (κ2) is 8.91. The van der Waals surface area contributed by atoms with Crippen LogP contribution in [0.4, 0.5) is 10.9 Å². The highest BCUT2D eigenvalue weighted by Crippen LogP contribution is 2.24. The molecule has 2 N–H and O–H groups in total. The Morgan fingerprint density at radius 3 is 2.88 bits per heavy atom. The molecule has 0 aromatic carbocycles. The van der Waals surface area contributed by atoms with Crippen molar-refractivity contribution in [3.8, 4) is 0 Å². The van der Waals surface area contributed by atoms with Crippen LogP contribution >= 0.6 is 11.3 Å². The molecule has 0 aliphatic carbocycles. The van der Waals surface area contributed by atoms with Crippen LogP contribution in [-0.2, 0) is 13.1 Å². The quantitative estimate of drug-likeness (QED) is 0.583. The lowest BCUT2D eigenvalue weighted by molar-refractivity contribution is 0.520. The molecule has 3 rings (SSSR count). The molecular formula is C19H26N6S. The Labute approximate surface area is 158 Å². The van der Waals surface area contributed by atoms with E-state index in [4.69, 9.17) is 0 Å². The number of aromatic nitrogens is 4. The van der Waals surface area contributed by atoms with Gasteiger partial charge in [-0.15, -0.1) is 11.3 Å². The van der Waals surface area contributed by atoms with E-state index in [1.165, 1.54) is 10.4 Å². The molecule has 0 radical (unpaired) electrons. The van der Waals surface area contributed by atoms with Crippen LogP contribution in [-0.4, -0.2) is 19.7 Å². The smallest absolute Gasteiger partial charge is 0.188 e. The lowest BCUT2D eigenvalue weighted by Gasteiger charge is -2.16. The Hall–Kier alpha value is -2.25. The fourth-order valence-electron chi connectivity index (χ4n) is 2.87. The van der Waals surface area contributed by atoms with Gasteiger partial charge in [0.05, 0.1) is 0 Å². The van der Waals surface area contributed by atoms with Gasteiger partial charge in [-0.25, -0.2) is 4.98 Å². The number of rotatable bonds is 9. The van der Waals surface area contributed by atoms with Gasteiger partial charge in [-0.05, 0) is 31.4 Å². The third kappa shape index (κ3) is 4.68. The number of pyridine rings is 1. The Balaban J connectivity index is 1.58. The van der Waals surface area contributed by atoms with Gasteiger partial charge >= 0.3 is 0 Å². The second-order valence-electron chi connectivity index (χ2n) is 6.28. The molecule has 0 amide bonds. The fourth-order valence-corrected chi connectivity index (χ4v) is 3.64. The van der Waals surface area contributed by atoms with Crippen molar-refractivity contribution >= 4 is 22.3 Å². The molecule has 0 bridgehead atoms. The number of hydrogen-bond acceptors (Lipinski definition) is 6. The zero-order valence-corrected chi connectivity index (χ0v) is 16.4. The van der Waals surface area contributed by atoms with E-state index in [0.29, 0.717) is 6.04 Å². The van der Waals surface area contributed by atoms with E-state index in [1.54, 1.807) is 17.5 Å². The summed E-state index contributed by atoms with van der Waals surface area (Å²) in [6.07, 6.45) is 7.75. The molecule has 0 saturated heterocycles. The Morgan fingerprint density at radius 2 is 2.15 bits per heavy atom. The number of aryl methyl sites for hydroxylation is 2. The molecule has 3 heterocycles. The summed E-state index contributed by atoms with van der Waals surface area (Å²) in [7, 11) is 0. The van der Waals surface area contributed by atoms with Crippen LogP contribution in [0.3, 0.4) is 0 Å². The molecule has 3 aromatic heterocycles. The summed E-state index contributed by atoms with van der Waals surface area (Å²) in [5, 5.41) is 12.4. The van der Waals surface area contributed by atoms with Crippen molar-refractivity contribution in [1.29, 1.82) is 0 Å². The molecule has 3 aromatic rings. The minimum absolute atomic E-state index is 0.301. The van der Waals surface area contributed by atoms with Crippen LogP contribution in [0.2, 0.25) is 0 Å². The first-order valence-electron chi connectivity index (χ1n) is 9.09. The zero-order valence-electron chi connectivity index (χ0n) is 15.6. The van der Waals surface area contributed by atoms with Crippen LogP contribution < -0.4 is 10.6 Å². The van der Waals surface area contributed by atoms with Crippen molar-refractivity contribution in [2.24, 2.45) is 0 Å². The monoisotopic (exact) mass is 370 g/mol. The average molecular weight is 371 g/mol. The topological polar surface area (TPSA) is 67.7 Å². The molecule has 0 spiro atoms. The fraction of sp³-hybridized carbons (Fsp3) is 0.421. The molecule has 7 heteroatoms. The van der Waals surface area contributed by atoms with Crippen molar-refractivity contribution in [2.45, 2.75) is 52.7 Å². The normalized spacial score (nSPS) is 12.3. The average Bonchev–Trinajstić information content (AvgIpc) is 3.23. The van der Waals surface area contributed by atoms with Gasteiger partial charge in [-0.2, -0.15) is 5.10 Å². The van der Waals surface area contributed by atoms with E-state index in [9.17, 15) is 0 Å². The molecule has 1 atom stereocenters. The summed E-state index contributed by atoms with van der Waals surface area (Å²) in [6, 6.07) is 6.45. The third-order valence-corrected chi connectivity index (χ3v) is 5.14. The third-order valence-electron chi connectivity index (χ3n) is 4.22. The molecule has 6 nitrogen and oxygen atoms in total. The first kappa shape index (κ1) is 18.5. The first-order chi connectivity index (χ1) is 12.7. The van der Waals surface area contributed by atoms with Crippen LogP contribution in [0.1, 0.15) is 48.9 Å². The van der Waals surface area contributed by atoms with E-state index in [-0.39, 0.29) is 0 Å². The lowest BCUT2D eigenvalue weighted by Crippen LogP contribution is -2.19. The van der Waals surface area contributed by atoms with Gasteiger partial charge in [0.25, 0.3) is 0 Å². The van der Waals surface area contributed by atoms with Crippen molar-refractivity contribution in [1.82, 2.24) is 25.1 Å². The van der Waals surface area contributed by atoms with E-state index in [2.05, 4.69) is 58.6 Å². The van der Waals surface area contributed by atoms with E-state index in [1.807, 2.05) is 23.1 Å². The Bertz CT molecular complexity index is 811. The van der Waals surface area contributed by atoms with Gasteiger partial charge in [-0.1, -0.05) is 19.9 Å². The van der Waals surface area contributed by atoms with Gasteiger partial charge in [0.1, 0.15) is 0 Å². The van der Waals surface area contributed by atoms with Crippen molar-refractivity contribution in [3.63, 3.8) is 0 Å². The molecule has 138 valence electrons. The van der Waals surface area contributed by atoms with E-state index in [0.717, 1.165) is 42.6 Å². The largest absolute Gasteiger partial charge is 0.315 e. The molecule has 1 unspecified atom stereocenters. The highest BCUT2D eigenvalue weighted by Gasteiger charge is 2.11. The number of hydrogen-bond donors (Lipinski definition) is 2. The van der Waals surface area contributed by atoms with E-state index < -0.39 is 0 Å². The predicted octanol–water partition coefficient (Wildman–Crippen LogP) is 4.44. The molecule has 0 aliphatic rings. The molecule has 0 aliphatic heterocycles. The van der Waals surface area contributed by atoms with Gasteiger partial charge in [0.2, 0.25) is 0 Å². The first-order valence-corrected chi connectivity index (χ1v) is 9.90. The Kier molecular flexibility index (Phi) is 6.35. The van der Waals surface area contributed by atoms with Gasteiger partial charge in [0, 0.05) is 54.4 Å². The van der Waals surface area contributed by atoms with Crippen molar-refractivity contribution < 1.29 is 0 Å². The van der Waals surface area contributed by atoms with Crippen LogP contribution in [0.15, 0.2) is 36.8 Å². The maximum absolute atomic E-state index is 4.58. The standard InChI is InChI=1S/C19H26N6S/c1-4-9-25-14(3)10-18(24-25)23-19-22-13-16(26-19)12-21-17(5-2)15-7-6-8-20-11-15/h6-8,10-11,13,17,21H,4-5,9,12H2,1-3H3,(H,22,23,24). The van der Waals surface area contributed by atoms with Gasteiger partial charge in [-0.3, -0.25) is 9.67 Å². The molecule has 26 heavy (non-hydrogen) atoms. The van der Waals surface area contributed by atoms with Gasteiger partial charge in [0.15, 0.2) is 10.9 Å². The van der Waals surface area contributed by atoms with Gasteiger partial charge < -0.3 is 10.6 Å². The van der Waals surface area contributed by atoms with Crippen molar-refractivity contribution in [2.75, 3.05) is 5.32 Å². The molecule has 0 fully saturated rings. The lowest BCUT2D eigenvalue weighted by atomic mass is 10.1.